The van der Waals surface area contributed by atoms with E-state index in [4.69, 9.17) is 9.47 Å². The second kappa shape index (κ2) is 7.51. The molecule has 1 N–H and O–H groups in total. The van der Waals surface area contributed by atoms with E-state index in [1.54, 1.807) is 14.2 Å². The monoisotopic (exact) mass is 477 g/mol. The van der Waals surface area contributed by atoms with Crippen LogP contribution in [0.15, 0.2) is 43.7 Å². The molecule has 0 heterocycles. The molecule has 2 aromatic rings. The van der Waals surface area contributed by atoms with E-state index < -0.39 is 0 Å². The van der Waals surface area contributed by atoms with Crippen LogP contribution in [0.4, 0.5) is 5.69 Å². The van der Waals surface area contributed by atoms with E-state index in [0.717, 1.165) is 36.2 Å². The molecule has 6 heteroatoms. The molecular formula is C15H14Br3NO2. The van der Waals surface area contributed by atoms with Gasteiger partial charge in [-0.1, -0.05) is 15.9 Å². The highest BCUT2D eigenvalue weighted by Crippen LogP contribution is 2.35. The maximum absolute atomic E-state index is 5.32. The number of benzene rings is 2. The summed E-state index contributed by atoms with van der Waals surface area (Å²) in [6, 6.07) is 9.81. The van der Waals surface area contributed by atoms with Gasteiger partial charge in [-0.25, -0.2) is 0 Å². The van der Waals surface area contributed by atoms with Crippen LogP contribution in [0.1, 0.15) is 5.56 Å². The topological polar surface area (TPSA) is 30.5 Å². The largest absolute Gasteiger partial charge is 0.497 e. The lowest BCUT2D eigenvalue weighted by Gasteiger charge is -2.13. The Hall–Kier alpha value is -0.720. The summed E-state index contributed by atoms with van der Waals surface area (Å²) in [4.78, 5) is 0. The molecule has 0 radical (unpaired) electrons. The molecule has 0 saturated heterocycles. The second-order valence-corrected chi connectivity index (χ2v) is 6.84. The Kier molecular flexibility index (Phi) is 5.96. The average molecular weight is 480 g/mol. The maximum atomic E-state index is 5.32. The van der Waals surface area contributed by atoms with Gasteiger partial charge in [0.05, 0.1) is 24.4 Å². The molecule has 0 aliphatic rings. The van der Waals surface area contributed by atoms with Crippen molar-refractivity contribution in [1.29, 1.82) is 0 Å². The Bertz CT molecular complexity index is 647. The highest BCUT2D eigenvalue weighted by Gasteiger charge is 2.08. The van der Waals surface area contributed by atoms with Crippen molar-refractivity contribution in [2.75, 3.05) is 19.5 Å². The van der Waals surface area contributed by atoms with E-state index >= 15 is 0 Å². The zero-order chi connectivity index (χ0) is 15.4. The fourth-order valence-corrected chi connectivity index (χ4v) is 3.51. The number of ether oxygens (including phenoxy) is 2. The van der Waals surface area contributed by atoms with Crippen molar-refractivity contribution in [2.24, 2.45) is 0 Å². The predicted molar refractivity (Wildman–Crippen MR) is 96.4 cm³/mol. The number of methoxy groups -OCH3 is 2. The zero-order valence-corrected chi connectivity index (χ0v) is 16.3. The molecule has 3 nitrogen and oxygen atoms in total. The molecule has 0 atom stereocenters. The zero-order valence-electron chi connectivity index (χ0n) is 11.5. The summed E-state index contributed by atoms with van der Waals surface area (Å²) in [6.45, 7) is 0.668. The van der Waals surface area contributed by atoms with Gasteiger partial charge in [0.2, 0.25) is 0 Å². The van der Waals surface area contributed by atoms with E-state index in [1.165, 1.54) is 0 Å². The van der Waals surface area contributed by atoms with Crippen LogP contribution in [0.5, 0.6) is 11.5 Å². The van der Waals surface area contributed by atoms with Crippen LogP contribution in [0.3, 0.4) is 0 Å². The van der Waals surface area contributed by atoms with Crippen molar-refractivity contribution in [3.8, 4) is 11.5 Å². The van der Waals surface area contributed by atoms with Gasteiger partial charge in [0.1, 0.15) is 11.5 Å². The highest BCUT2D eigenvalue weighted by molar-refractivity contribution is 9.11. The van der Waals surface area contributed by atoms with Crippen LogP contribution >= 0.6 is 47.8 Å². The summed E-state index contributed by atoms with van der Waals surface area (Å²) in [7, 11) is 3.31. The highest BCUT2D eigenvalue weighted by atomic mass is 79.9. The van der Waals surface area contributed by atoms with Gasteiger partial charge < -0.3 is 14.8 Å². The van der Waals surface area contributed by atoms with E-state index in [2.05, 4.69) is 53.1 Å². The van der Waals surface area contributed by atoms with Gasteiger partial charge in [0, 0.05) is 21.6 Å². The molecule has 0 spiro atoms. The Labute approximate surface area is 149 Å². The molecule has 112 valence electrons. The molecule has 2 aromatic carbocycles. The molecule has 21 heavy (non-hydrogen) atoms. The molecule has 0 aliphatic heterocycles. The summed E-state index contributed by atoms with van der Waals surface area (Å²) in [6.07, 6.45) is 0. The minimum Gasteiger partial charge on any atom is -0.497 e. The fourth-order valence-electron chi connectivity index (χ4n) is 1.83. The van der Waals surface area contributed by atoms with Gasteiger partial charge in [-0.15, -0.1) is 0 Å². The first kappa shape index (κ1) is 16.6. The maximum Gasteiger partial charge on any atom is 0.135 e. The minimum absolute atomic E-state index is 0.668. The lowest BCUT2D eigenvalue weighted by Crippen LogP contribution is -2.02. The van der Waals surface area contributed by atoms with Crippen LogP contribution < -0.4 is 14.8 Å². The van der Waals surface area contributed by atoms with Crippen LogP contribution in [-0.2, 0) is 6.54 Å². The molecular weight excluding hydrogens is 466 g/mol. The Morgan fingerprint density at radius 2 is 1.67 bits per heavy atom. The van der Waals surface area contributed by atoms with Gasteiger partial charge in [0.25, 0.3) is 0 Å². The van der Waals surface area contributed by atoms with E-state index in [9.17, 15) is 0 Å². The molecule has 0 fully saturated rings. The molecule has 0 bridgehead atoms. The summed E-state index contributed by atoms with van der Waals surface area (Å²) in [5.41, 5.74) is 2.08. The Morgan fingerprint density at radius 3 is 2.33 bits per heavy atom. The normalized spacial score (nSPS) is 10.3. The number of anilines is 1. The van der Waals surface area contributed by atoms with Crippen LogP contribution in [0, 0.1) is 0 Å². The average Bonchev–Trinajstić information content (AvgIpc) is 2.48. The lowest BCUT2D eigenvalue weighted by atomic mass is 10.2. The third-order valence-corrected chi connectivity index (χ3v) is 5.01. The second-order valence-electron chi connectivity index (χ2n) is 4.28. The van der Waals surface area contributed by atoms with Gasteiger partial charge in [-0.2, -0.15) is 0 Å². The number of hydrogen-bond acceptors (Lipinski definition) is 3. The van der Waals surface area contributed by atoms with Crippen LogP contribution in [0.2, 0.25) is 0 Å². The number of rotatable bonds is 5. The van der Waals surface area contributed by atoms with E-state index in [1.807, 2.05) is 30.3 Å². The molecule has 0 amide bonds. The van der Waals surface area contributed by atoms with Crippen molar-refractivity contribution < 1.29 is 9.47 Å². The van der Waals surface area contributed by atoms with Crippen molar-refractivity contribution in [1.82, 2.24) is 0 Å². The van der Waals surface area contributed by atoms with Crippen molar-refractivity contribution in [3.63, 3.8) is 0 Å². The predicted octanol–water partition coefficient (Wildman–Crippen LogP) is 5.60. The Morgan fingerprint density at radius 1 is 0.905 bits per heavy atom. The third-order valence-electron chi connectivity index (χ3n) is 2.96. The molecule has 0 saturated carbocycles. The van der Waals surface area contributed by atoms with Gasteiger partial charge in [-0.05, 0) is 61.7 Å². The first-order valence-corrected chi connectivity index (χ1v) is 8.52. The van der Waals surface area contributed by atoms with Crippen molar-refractivity contribution >= 4 is 53.5 Å². The first-order valence-electron chi connectivity index (χ1n) is 6.14. The van der Waals surface area contributed by atoms with Crippen molar-refractivity contribution in [2.45, 2.75) is 6.54 Å². The summed E-state index contributed by atoms with van der Waals surface area (Å²) in [5.74, 6) is 1.62. The SMILES string of the molecule is COc1ccc(Br)c(CNc2cc(OC)c(Br)cc2Br)c1. The fraction of sp³-hybridized carbons (Fsp3) is 0.200. The number of nitrogens with one attached hydrogen (secondary N) is 1. The molecule has 0 aromatic heterocycles. The molecule has 2 rings (SSSR count). The van der Waals surface area contributed by atoms with Gasteiger partial charge in [0.15, 0.2) is 0 Å². The van der Waals surface area contributed by atoms with Gasteiger partial charge in [-0.3, -0.25) is 0 Å². The molecule has 0 unspecified atom stereocenters. The minimum atomic E-state index is 0.668. The van der Waals surface area contributed by atoms with Crippen molar-refractivity contribution in [3.05, 3.63) is 49.3 Å². The van der Waals surface area contributed by atoms with Crippen LogP contribution in [-0.4, -0.2) is 14.2 Å². The van der Waals surface area contributed by atoms with Crippen LogP contribution in [0.25, 0.3) is 0 Å². The standard InChI is InChI=1S/C15H14Br3NO2/c1-20-10-3-4-11(16)9(5-10)8-19-14-7-15(21-2)13(18)6-12(14)17/h3-7,19H,8H2,1-2H3. The third kappa shape index (κ3) is 4.14. The number of halogens is 3. The lowest BCUT2D eigenvalue weighted by molar-refractivity contribution is 0.412. The first-order chi connectivity index (χ1) is 10.0. The quantitative estimate of drug-likeness (QED) is 0.605. The molecule has 0 aliphatic carbocycles. The summed E-state index contributed by atoms with van der Waals surface area (Å²) in [5, 5.41) is 3.39. The summed E-state index contributed by atoms with van der Waals surface area (Å²) >= 11 is 10.6. The van der Waals surface area contributed by atoms with Gasteiger partial charge >= 0.3 is 0 Å². The Balaban J connectivity index is 2.20. The van der Waals surface area contributed by atoms with E-state index in [0.29, 0.717) is 6.54 Å². The smallest absolute Gasteiger partial charge is 0.135 e. The number of hydrogen-bond donors (Lipinski definition) is 1. The summed E-state index contributed by atoms with van der Waals surface area (Å²) < 4.78 is 13.5. The van der Waals surface area contributed by atoms with E-state index in [-0.39, 0.29) is 0 Å².